The lowest BCUT2D eigenvalue weighted by atomic mass is 9.97. The lowest BCUT2D eigenvalue weighted by Crippen LogP contribution is -2.36. The van der Waals surface area contributed by atoms with Gasteiger partial charge in [-0.1, -0.05) is 36.6 Å². The lowest BCUT2D eigenvalue weighted by Gasteiger charge is -2.17. The summed E-state index contributed by atoms with van der Waals surface area (Å²) in [6.45, 7) is -0.162. The Kier molecular flexibility index (Phi) is 5.87. The van der Waals surface area contributed by atoms with Gasteiger partial charge in [-0.2, -0.15) is 0 Å². The topological polar surface area (TPSA) is 101 Å². The van der Waals surface area contributed by atoms with E-state index in [2.05, 4.69) is 0 Å². The molecule has 126 valence electrons. The van der Waals surface area contributed by atoms with Gasteiger partial charge in [0, 0.05) is 29.3 Å². The minimum atomic E-state index is -0.820. The fraction of sp³-hybridized carbons (Fsp3) is 0.312. The Balaban J connectivity index is 2.02. The summed E-state index contributed by atoms with van der Waals surface area (Å²) in [6.07, 6.45) is 0.274. The van der Waals surface area contributed by atoms with Gasteiger partial charge in [0.25, 0.3) is 11.8 Å². The number of aliphatic hydroxyl groups excluding tert-OH is 1. The number of carbonyl (C=O) groups is 3. The number of benzene rings is 1. The van der Waals surface area contributed by atoms with Crippen LogP contribution in [0.25, 0.3) is 0 Å². The molecule has 24 heavy (non-hydrogen) atoms. The summed E-state index contributed by atoms with van der Waals surface area (Å²) in [5.41, 5.74) is 6.00. The third kappa shape index (κ3) is 3.55. The molecule has 1 atom stereocenters. The number of carbonyl (C=O) groups excluding carboxylic acids is 3. The van der Waals surface area contributed by atoms with Crippen LogP contribution in [0.4, 0.5) is 0 Å². The molecule has 3 N–H and O–H groups in total. The number of hydrogen-bond acceptors (Lipinski definition) is 6. The van der Waals surface area contributed by atoms with Gasteiger partial charge in [-0.25, -0.2) is 0 Å². The van der Waals surface area contributed by atoms with Crippen molar-refractivity contribution in [1.29, 1.82) is 0 Å². The quantitative estimate of drug-likeness (QED) is 0.525. The number of imide groups is 1. The SMILES string of the molecule is NC(=O)C(CCO)C(=S)C(=S)CCN1C(=O)c2ccccc2C1=O. The van der Waals surface area contributed by atoms with Gasteiger partial charge < -0.3 is 10.8 Å². The van der Waals surface area contributed by atoms with Gasteiger partial charge in [0.1, 0.15) is 0 Å². The number of fused-ring (bicyclic) bond motifs is 1. The molecule has 0 fully saturated rings. The number of amides is 3. The maximum atomic E-state index is 12.3. The van der Waals surface area contributed by atoms with Crippen LogP contribution >= 0.6 is 24.4 Å². The zero-order chi connectivity index (χ0) is 17.9. The van der Waals surface area contributed by atoms with Crippen LogP contribution in [-0.4, -0.2) is 50.6 Å². The normalized spacial score (nSPS) is 14.5. The van der Waals surface area contributed by atoms with Gasteiger partial charge in [-0.15, -0.1) is 0 Å². The van der Waals surface area contributed by atoms with E-state index in [1.54, 1.807) is 24.3 Å². The van der Waals surface area contributed by atoms with E-state index >= 15 is 0 Å². The number of thiocarbonyl (C=S) groups is 2. The van der Waals surface area contributed by atoms with E-state index in [1.807, 2.05) is 0 Å². The molecule has 0 aromatic heterocycles. The van der Waals surface area contributed by atoms with Gasteiger partial charge in [-0.05, 0) is 18.6 Å². The zero-order valence-corrected chi connectivity index (χ0v) is 14.4. The Hall–Kier alpha value is -2.03. The summed E-state index contributed by atoms with van der Waals surface area (Å²) in [4.78, 5) is 37.5. The van der Waals surface area contributed by atoms with Gasteiger partial charge >= 0.3 is 0 Å². The molecule has 1 heterocycles. The molecule has 0 saturated heterocycles. The molecule has 0 bridgehead atoms. The van der Waals surface area contributed by atoms with E-state index in [-0.39, 0.29) is 42.7 Å². The zero-order valence-electron chi connectivity index (χ0n) is 12.7. The second-order valence-corrected chi connectivity index (χ2v) is 6.24. The predicted molar refractivity (Wildman–Crippen MR) is 96.0 cm³/mol. The van der Waals surface area contributed by atoms with Crippen molar-refractivity contribution in [1.82, 2.24) is 4.90 Å². The van der Waals surface area contributed by atoms with Crippen LogP contribution in [0.2, 0.25) is 0 Å². The average Bonchev–Trinajstić information content (AvgIpc) is 2.81. The van der Waals surface area contributed by atoms with E-state index in [0.29, 0.717) is 16.0 Å². The summed E-state index contributed by atoms with van der Waals surface area (Å²) in [6, 6.07) is 6.59. The van der Waals surface area contributed by atoms with Crippen molar-refractivity contribution in [3.63, 3.8) is 0 Å². The van der Waals surface area contributed by atoms with Crippen LogP contribution in [0.5, 0.6) is 0 Å². The Morgan fingerprint density at radius 1 is 1.17 bits per heavy atom. The molecule has 1 aliphatic heterocycles. The summed E-state index contributed by atoms with van der Waals surface area (Å²) in [7, 11) is 0. The minimum absolute atomic E-state index is 0.0793. The van der Waals surface area contributed by atoms with Crippen molar-refractivity contribution in [2.75, 3.05) is 13.2 Å². The standard InChI is InChI=1S/C16H16N2O4S2/c17-14(20)11(6-8-19)13(24)12(23)5-7-18-15(21)9-3-1-2-4-10(9)16(18)22/h1-4,11,19H,5-8H2,(H2,17,20). The van der Waals surface area contributed by atoms with Gasteiger partial charge in [0.15, 0.2) is 0 Å². The fourth-order valence-corrected chi connectivity index (χ4v) is 3.07. The second-order valence-electron chi connectivity index (χ2n) is 5.31. The Bertz CT molecular complexity index is 698. The summed E-state index contributed by atoms with van der Waals surface area (Å²) >= 11 is 10.4. The van der Waals surface area contributed by atoms with Crippen molar-refractivity contribution in [3.8, 4) is 0 Å². The maximum absolute atomic E-state index is 12.3. The molecule has 1 aromatic carbocycles. The third-order valence-electron chi connectivity index (χ3n) is 3.79. The molecular weight excluding hydrogens is 348 g/mol. The first-order valence-corrected chi connectivity index (χ1v) is 8.12. The number of aliphatic hydroxyl groups is 1. The highest BCUT2D eigenvalue weighted by Crippen LogP contribution is 2.22. The largest absolute Gasteiger partial charge is 0.396 e. The summed E-state index contributed by atoms with van der Waals surface area (Å²) in [5, 5.41) is 8.98. The first-order valence-electron chi connectivity index (χ1n) is 7.31. The Morgan fingerprint density at radius 3 is 2.17 bits per heavy atom. The molecule has 0 aliphatic carbocycles. The smallest absolute Gasteiger partial charge is 0.261 e. The molecule has 0 saturated carbocycles. The Morgan fingerprint density at radius 2 is 1.71 bits per heavy atom. The second kappa shape index (κ2) is 7.69. The van der Waals surface area contributed by atoms with Gasteiger partial charge in [-0.3, -0.25) is 19.3 Å². The fourth-order valence-electron chi connectivity index (χ4n) is 2.50. The van der Waals surface area contributed by atoms with E-state index in [4.69, 9.17) is 35.3 Å². The highest BCUT2D eigenvalue weighted by atomic mass is 32.1. The molecule has 6 nitrogen and oxygen atoms in total. The van der Waals surface area contributed by atoms with Crippen molar-refractivity contribution >= 4 is 51.9 Å². The van der Waals surface area contributed by atoms with Crippen LogP contribution in [0, 0.1) is 5.92 Å². The van der Waals surface area contributed by atoms with Gasteiger partial charge in [0.05, 0.1) is 17.0 Å². The first-order chi connectivity index (χ1) is 11.4. The molecule has 1 unspecified atom stereocenters. The minimum Gasteiger partial charge on any atom is -0.396 e. The third-order valence-corrected chi connectivity index (χ3v) is 4.88. The van der Waals surface area contributed by atoms with E-state index in [1.165, 1.54) is 0 Å². The first kappa shape index (κ1) is 18.3. The van der Waals surface area contributed by atoms with Gasteiger partial charge in [0.2, 0.25) is 5.91 Å². The van der Waals surface area contributed by atoms with Crippen LogP contribution < -0.4 is 5.73 Å². The van der Waals surface area contributed by atoms with Crippen molar-refractivity contribution in [3.05, 3.63) is 35.4 Å². The number of nitrogens with zero attached hydrogens (tertiary/aromatic N) is 1. The molecule has 3 amide bonds. The van der Waals surface area contributed by atoms with Crippen molar-refractivity contribution < 1.29 is 19.5 Å². The molecular formula is C16H16N2O4S2. The summed E-state index contributed by atoms with van der Waals surface area (Å²) in [5.74, 6) is -2.21. The number of nitrogens with two attached hydrogens (primary N) is 1. The highest BCUT2D eigenvalue weighted by Gasteiger charge is 2.35. The monoisotopic (exact) mass is 364 g/mol. The van der Waals surface area contributed by atoms with Crippen molar-refractivity contribution in [2.45, 2.75) is 12.8 Å². The maximum Gasteiger partial charge on any atom is 0.261 e. The van der Waals surface area contributed by atoms with E-state index < -0.39 is 11.8 Å². The number of rotatable bonds is 8. The molecule has 8 heteroatoms. The summed E-state index contributed by atoms with van der Waals surface area (Å²) < 4.78 is 0. The van der Waals surface area contributed by atoms with Crippen LogP contribution in [0.15, 0.2) is 24.3 Å². The molecule has 1 aromatic rings. The Labute approximate surface area is 149 Å². The van der Waals surface area contributed by atoms with Crippen molar-refractivity contribution in [2.24, 2.45) is 11.7 Å². The van der Waals surface area contributed by atoms with Crippen LogP contribution in [0.1, 0.15) is 33.6 Å². The van der Waals surface area contributed by atoms with Crippen LogP contribution in [0.3, 0.4) is 0 Å². The van der Waals surface area contributed by atoms with E-state index in [0.717, 1.165) is 4.90 Å². The number of primary amides is 1. The molecule has 1 aliphatic rings. The lowest BCUT2D eigenvalue weighted by molar-refractivity contribution is -0.120. The molecule has 0 radical (unpaired) electrons. The van der Waals surface area contributed by atoms with Crippen LogP contribution in [-0.2, 0) is 4.79 Å². The highest BCUT2D eigenvalue weighted by molar-refractivity contribution is 7.89. The predicted octanol–water partition coefficient (Wildman–Crippen LogP) is 0.896. The molecule has 0 spiro atoms. The molecule has 2 rings (SSSR count). The van der Waals surface area contributed by atoms with E-state index in [9.17, 15) is 14.4 Å². The average molecular weight is 364 g/mol. The number of hydrogen-bond donors (Lipinski definition) is 2.